The first kappa shape index (κ1) is 52.4. The number of primary amides is 1. The second-order valence-corrected chi connectivity index (χ2v) is 17.9. The zero-order chi connectivity index (χ0) is 47.3. The van der Waals surface area contributed by atoms with Gasteiger partial charge in [0.25, 0.3) is 0 Å². The number of carboxylic acid groups (broad SMARTS) is 1. The van der Waals surface area contributed by atoms with Crippen LogP contribution in [0, 0.1) is 17.8 Å². The maximum Gasteiger partial charge on any atom is 0.317 e. The fourth-order valence-electron chi connectivity index (χ4n) is 8.43. The number of fused-ring (bicyclic) bond motifs is 3. The van der Waals surface area contributed by atoms with Gasteiger partial charge in [0, 0.05) is 90.0 Å². The lowest BCUT2D eigenvalue weighted by atomic mass is 9.86. The number of rotatable bonds is 23. The number of hydrogen-bond acceptors (Lipinski definition) is 12. The van der Waals surface area contributed by atoms with Gasteiger partial charge in [0.1, 0.15) is 11.5 Å². The first-order chi connectivity index (χ1) is 31.1. The Bertz CT molecular complexity index is 1880. The zero-order valence-corrected chi connectivity index (χ0v) is 38.6. The van der Waals surface area contributed by atoms with Crippen LogP contribution in [0.5, 0.6) is 5.75 Å². The van der Waals surface area contributed by atoms with Crippen molar-refractivity contribution >= 4 is 41.2 Å². The second-order valence-electron chi connectivity index (χ2n) is 17.9. The summed E-state index contributed by atoms with van der Waals surface area (Å²) in [4.78, 5) is 98.7. The Hall–Kier alpha value is -5.23. The summed E-state index contributed by atoms with van der Waals surface area (Å²) in [6.07, 6.45) is 2.27. The molecular formula is C48H72N8O9. The van der Waals surface area contributed by atoms with Crippen LogP contribution in [0.15, 0.2) is 48.5 Å². The third-order valence-corrected chi connectivity index (χ3v) is 12.5. The summed E-state index contributed by atoms with van der Waals surface area (Å²) in [7, 11) is 0. The molecule has 7 N–H and O–H groups in total. The van der Waals surface area contributed by atoms with E-state index in [2.05, 4.69) is 30.7 Å². The number of ketones is 2. The van der Waals surface area contributed by atoms with Gasteiger partial charge in [0.05, 0.1) is 19.1 Å². The Labute approximate surface area is 383 Å². The molecule has 2 saturated heterocycles. The number of Topliss-reactive ketones (excluding diaryl/α,β-unsaturated/α-hetero) is 2. The Morgan fingerprint density at radius 1 is 0.677 bits per heavy atom. The molecule has 0 aliphatic carbocycles. The second kappa shape index (κ2) is 27.3. The smallest absolute Gasteiger partial charge is 0.317 e. The van der Waals surface area contributed by atoms with Crippen molar-refractivity contribution in [1.82, 2.24) is 35.6 Å². The summed E-state index contributed by atoms with van der Waals surface area (Å²) < 4.78 is 0. The van der Waals surface area contributed by atoms with Gasteiger partial charge >= 0.3 is 5.97 Å². The van der Waals surface area contributed by atoms with Crippen molar-refractivity contribution in [3.05, 3.63) is 65.2 Å². The van der Waals surface area contributed by atoms with E-state index in [1.54, 1.807) is 12.1 Å². The van der Waals surface area contributed by atoms with Gasteiger partial charge < -0.3 is 46.5 Å². The number of aromatic hydroxyl groups is 1. The molecule has 358 valence electrons. The Morgan fingerprint density at radius 3 is 1.75 bits per heavy atom. The topological polar surface area (TPSA) is 235 Å². The highest BCUT2D eigenvalue weighted by Gasteiger charge is 2.33. The number of phenolic OH excluding ortho intramolecular Hbond substituents is 1. The molecule has 17 heteroatoms. The number of carboxylic acids is 1. The zero-order valence-electron chi connectivity index (χ0n) is 38.6. The van der Waals surface area contributed by atoms with Gasteiger partial charge in [0.15, 0.2) is 5.78 Å². The molecule has 0 radical (unpaired) electrons. The van der Waals surface area contributed by atoms with Gasteiger partial charge in [-0.05, 0) is 87.0 Å². The van der Waals surface area contributed by atoms with E-state index in [4.69, 9.17) is 5.73 Å². The average molecular weight is 905 g/mol. The van der Waals surface area contributed by atoms with E-state index in [9.17, 15) is 43.8 Å². The third-order valence-electron chi connectivity index (χ3n) is 12.5. The molecule has 0 spiro atoms. The molecule has 2 aliphatic heterocycles. The van der Waals surface area contributed by atoms with E-state index >= 15 is 0 Å². The van der Waals surface area contributed by atoms with E-state index < -0.39 is 41.6 Å². The lowest BCUT2D eigenvalue weighted by molar-refractivity contribution is -0.138. The Morgan fingerprint density at radius 2 is 1.22 bits per heavy atom. The van der Waals surface area contributed by atoms with Crippen LogP contribution in [0.1, 0.15) is 82.4 Å². The first-order valence-electron chi connectivity index (χ1n) is 23.2. The van der Waals surface area contributed by atoms with Gasteiger partial charge in [-0.3, -0.25) is 38.6 Å². The van der Waals surface area contributed by atoms with Crippen molar-refractivity contribution in [3.8, 4) is 5.75 Å². The standard InChI is InChI=1S/C48H72N8O9/c1-4-34(2)46(52-48(65)40(27-35(3)57)28-36-11-14-41(58)15-12-36)42(59)29-39(13-16-43(49)60)47(64)51-31-38-9-7-37(8-10-38)30-50-44(61)32-55-19-5-17-54-22-21-53(23-25-55)18-6-20-56(26-24-54)33-45(62)63/h7-12,14-15,34,39-40,46,58H,4-6,13,16-33H2,1-3H3,(H2,49,60)(H,50,61)(H,51,64)(H,52,65)(H,62,63)/t34?,39-,40+,46+/m1/s1. The normalized spacial score (nSPS) is 19.4. The van der Waals surface area contributed by atoms with Crippen molar-refractivity contribution in [2.45, 2.75) is 91.3 Å². The minimum atomic E-state index is -0.932. The molecule has 2 bridgehead atoms. The minimum absolute atomic E-state index is 0.0355. The summed E-state index contributed by atoms with van der Waals surface area (Å²) >= 11 is 0. The van der Waals surface area contributed by atoms with Crippen LogP contribution in [-0.2, 0) is 53.1 Å². The lowest BCUT2D eigenvalue weighted by Crippen LogP contribution is -2.49. The summed E-state index contributed by atoms with van der Waals surface area (Å²) in [5.74, 6) is -4.74. The largest absolute Gasteiger partial charge is 0.508 e. The minimum Gasteiger partial charge on any atom is -0.508 e. The number of nitrogens with zero attached hydrogens (tertiary/aromatic N) is 4. The van der Waals surface area contributed by atoms with Gasteiger partial charge in [-0.2, -0.15) is 0 Å². The van der Waals surface area contributed by atoms with Crippen molar-refractivity contribution in [2.24, 2.45) is 23.5 Å². The molecule has 2 fully saturated rings. The van der Waals surface area contributed by atoms with Crippen molar-refractivity contribution in [2.75, 3.05) is 78.5 Å². The van der Waals surface area contributed by atoms with Gasteiger partial charge in [-0.25, -0.2) is 0 Å². The first-order valence-corrected chi connectivity index (χ1v) is 23.2. The van der Waals surface area contributed by atoms with Gasteiger partial charge in [-0.15, -0.1) is 0 Å². The maximum atomic E-state index is 13.9. The number of carbonyl (C=O) groups excluding carboxylic acids is 6. The maximum absolute atomic E-state index is 13.9. The summed E-state index contributed by atoms with van der Waals surface area (Å²) in [5.41, 5.74) is 7.88. The van der Waals surface area contributed by atoms with Gasteiger partial charge in [0.2, 0.25) is 23.6 Å². The molecule has 3 unspecified atom stereocenters. The monoisotopic (exact) mass is 905 g/mol. The van der Waals surface area contributed by atoms with Crippen LogP contribution in [-0.4, -0.2) is 156 Å². The number of benzene rings is 2. The predicted molar refractivity (Wildman–Crippen MR) is 246 cm³/mol. The average Bonchev–Trinajstić information content (AvgIpc) is 3.27. The molecule has 4 rings (SSSR count). The quantitative estimate of drug-likeness (QED) is 0.0937. The highest BCUT2D eigenvalue weighted by Crippen LogP contribution is 2.21. The Balaban J connectivity index is 1.29. The highest BCUT2D eigenvalue weighted by molar-refractivity contribution is 5.94. The van der Waals surface area contributed by atoms with Crippen LogP contribution in [0.4, 0.5) is 0 Å². The molecule has 2 aliphatic rings. The van der Waals surface area contributed by atoms with Crippen molar-refractivity contribution in [1.29, 1.82) is 0 Å². The molecular weight excluding hydrogens is 833 g/mol. The molecule has 4 amide bonds. The molecule has 6 atom stereocenters. The van der Waals surface area contributed by atoms with E-state index in [1.165, 1.54) is 19.1 Å². The molecule has 0 aromatic heterocycles. The highest BCUT2D eigenvalue weighted by atomic mass is 16.4. The number of hydrogen-bond donors (Lipinski definition) is 6. The van der Waals surface area contributed by atoms with Crippen LogP contribution < -0.4 is 21.7 Å². The number of carbonyl (C=O) groups is 7. The third kappa shape index (κ3) is 19.4. The number of nitrogens with one attached hydrogen (secondary N) is 3. The fourth-order valence-corrected chi connectivity index (χ4v) is 8.43. The van der Waals surface area contributed by atoms with E-state index in [1.807, 2.05) is 43.0 Å². The molecule has 2 aromatic carbocycles. The summed E-state index contributed by atoms with van der Waals surface area (Å²) in [6.45, 7) is 14.3. The van der Waals surface area contributed by atoms with E-state index in [0.29, 0.717) is 13.0 Å². The predicted octanol–water partition coefficient (Wildman–Crippen LogP) is 1.93. The Kier molecular flexibility index (Phi) is 22.0. The van der Waals surface area contributed by atoms with Gasteiger partial charge in [-0.1, -0.05) is 56.7 Å². The van der Waals surface area contributed by atoms with Crippen molar-refractivity contribution in [3.63, 3.8) is 0 Å². The molecule has 0 saturated carbocycles. The molecule has 17 nitrogen and oxygen atoms in total. The summed E-state index contributed by atoms with van der Waals surface area (Å²) in [6, 6.07) is 12.9. The van der Waals surface area contributed by atoms with Crippen LogP contribution >= 0.6 is 0 Å². The molecule has 65 heavy (non-hydrogen) atoms. The van der Waals surface area contributed by atoms with Crippen LogP contribution in [0.3, 0.4) is 0 Å². The number of nitrogens with two attached hydrogens (primary N) is 1. The fraction of sp³-hybridized carbons (Fsp3) is 0.604. The SMILES string of the molecule is CCC(C)[C@H](NC(=O)[C@@H](CC(C)=O)Cc1ccc(O)cc1)C(=O)C[C@@H](CCC(N)=O)C(=O)NCc1ccc(CNC(=O)CN2CCCN3CCN(CCCN(CC(=O)O)CC3)CC2)cc1. The number of aliphatic carboxylic acids is 1. The molecule has 2 aromatic rings. The number of phenols is 1. The van der Waals surface area contributed by atoms with E-state index in [0.717, 1.165) is 95.0 Å². The van der Waals surface area contributed by atoms with Crippen LogP contribution in [0.25, 0.3) is 0 Å². The van der Waals surface area contributed by atoms with Crippen LogP contribution in [0.2, 0.25) is 0 Å². The van der Waals surface area contributed by atoms with Crippen molar-refractivity contribution < 1.29 is 43.8 Å². The number of amides is 4. The summed E-state index contributed by atoms with van der Waals surface area (Å²) in [5, 5.41) is 27.8. The van der Waals surface area contributed by atoms with E-state index in [-0.39, 0.29) is 80.9 Å². The lowest BCUT2D eigenvalue weighted by Gasteiger charge is -2.35. The molecule has 2 heterocycles.